The summed E-state index contributed by atoms with van der Waals surface area (Å²) in [6.07, 6.45) is 3.07. The molecule has 1 N–H and O–H groups in total. The molecule has 0 saturated carbocycles. The van der Waals surface area contributed by atoms with Crippen LogP contribution in [0.4, 0.5) is 0 Å². The second kappa shape index (κ2) is 8.67. The number of hydrogen-bond acceptors (Lipinski definition) is 1. The molecule has 1 atom stereocenters. The summed E-state index contributed by atoms with van der Waals surface area (Å²) in [6, 6.07) is 19.8. The number of rotatable bonds is 8. The van der Waals surface area contributed by atoms with E-state index >= 15 is 0 Å². The van der Waals surface area contributed by atoms with Gasteiger partial charge in [-0.05, 0) is 43.5 Å². The summed E-state index contributed by atoms with van der Waals surface area (Å²) in [5, 5.41) is 6.21. The van der Waals surface area contributed by atoms with E-state index in [4.69, 9.17) is 0 Å². The summed E-state index contributed by atoms with van der Waals surface area (Å²) in [5.41, 5.74) is 0. The molecule has 0 amide bonds. The first-order valence-corrected chi connectivity index (χ1v) is 10.6. The zero-order chi connectivity index (χ0) is 15.8. The lowest BCUT2D eigenvalue weighted by Gasteiger charge is -2.26. The predicted molar refractivity (Wildman–Crippen MR) is 100 cm³/mol. The minimum Gasteiger partial charge on any atom is -0.297 e. The normalized spacial score (nSPS) is 13.0. The molecular formula is C18H23BrNOP. The topological polar surface area (TPSA) is 29.1 Å². The Labute approximate surface area is 141 Å². The van der Waals surface area contributed by atoms with Crippen LogP contribution in [-0.2, 0) is 4.57 Å². The van der Waals surface area contributed by atoms with E-state index in [-0.39, 0.29) is 6.04 Å². The van der Waals surface area contributed by atoms with Gasteiger partial charge in [0.2, 0.25) is 7.29 Å². The van der Waals surface area contributed by atoms with Crippen LogP contribution in [0.3, 0.4) is 0 Å². The van der Waals surface area contributed by atoms with Crippen molar-refractivity contribution >= 4 is 33.8 Å². The minimum absolute atomic E-state index is 0.254. The fourth-order valence-electron chi connectivity index (χ4n) is 2.51. The molecule has 4 heteroatoms. The van der Waals surface area contributed by atoms with Gasteiger partial charge in [-0.2, -0.15) is 0 Å². The molecule has 0 bridgehead atoms. The van der Waals surface area contributed by atoms with Crippen molar-refractivity contribution in [3.05, 3.63) is 60.7 Å². The van der Waals surface area contributed by atoms with Crippen LogP contribution < -0.4 is 15.7 Å². The molecule has 2 rings (SSSR count). The van der Waals surface area contributed by atoms with E-state index in [9.17, 15) is 4.57 Å². The molecule has 0 saturated heterocycles. The Morgan fingerprint density at radius 2 is 1.50 bits per heavy atom. The van der Waals surface area contributed by atoms with Crippen LogP contribution in [0, 0.1) is 0 Å². The number of hydrogen-bond donors (Lipinski definition) is 1. The van der Waals surface area contributed by atoms with Crippen LogP contribution >= 0.6 is 23.2 Å². The second-order valence-electron chi connectivity index (χ2n) is 5.35. The number of alkyl halides is 1. The Morgan fingerprint density at radius 1 is 1.00 bits per heavy atom. The largest absolute Gasteiger partial charge is 0.297 e. The summed E-state index contributed by atoms with van der Waals surface area (Å²) >= 11 is 3.48. The first kappa shape index (κ1) is 17.5. The van der Waals surface area contributed by atoms with E-state index in [1.54, 1.807) is 0 Å². The quantitative estimate of drug-likeness (QED) is 0.541. The third-order valence-corrected chi connectivity index (χ3v) is 7.12. The van der Waals surface area contributed by atoms with Gasteiger partial charge < -0.3 is 0 Å². The van der Waals surface area contributed by atoms with Crippen molar-refractivity contribution in [2.45, 2.75) is 32.2 Å². The maximum absolute atomic E-state index is 13.8. The summed E-state index contributed by atoms with van der Waals surface area (Å²) in [5.74, 6) is 0. The highest BCUT2D eigenvalue weighted by molar-refractivity contribution is 9.09. The fraction of sp³-hybridized carbons (Fsp3) is 0.333. The van der Waals surface area contributed by atoms with E-state index < -0.39 is 7.29 Å². The maximum atomic E-state index is 13.8. The van der Waals surface area contributed by atoms with Crippen molar-refractivity contribution in [2.24, 2.45) is 0 Å². The first-order chi connectivity index (χ1) is 10.7. The lowest BCUT2D eigenvalue weighted by molar-refractivity contribution is 0.521. The summed E-state index contributed by atoms with van der Waals surface area (Å²) < 4.78 is 13.8. The van der Waals surface area contributed by atoms with Gasteiger partial charge in [0.25, 0.3) is 0 Å². The molecule has 2 aromatic rings. The molecular weight excluding hydrogens is 357 g/mol. The van der Waals surface area contributed by atoms with Crippen molar-refractivity contribution in [2.75, 3.05) is 5.33 Å². The van der Waals surface area contributed by atoms with Gasteiger partial charge in [0.15, 0.2) is 0 Å². The molecule has 0 aliphatic rings. The molecule has 118 valence electrons. The van der Waals surface area contributed by atoms with Gasteiger partial charge in [0.1, 0.15) is 0 Å². The zero-order valence-corrected chi connectivity index (χ0v) is 15.4. The number of benzene rings is 2. The molecule has 0 aromatic heterocycles. The second-order valence-corrected chi connectivity index (χ2v) is 8.65. The predicted octanol–water partition coefficient (Wildman–Crippen LogP) is 4.46. The van der Waals surface area contributed by atoms with Crippen LogP contribution in [0.1, 0.15) is 26.2 Å². The highest BCUT2D eigenvalue weighted by Crippen LogP contribution is 2.40. The zero-order valence-electron chi connectivity index (χ0n) is 12.9. The van der Waals surface area contributed by atoms with Gasteiger partial charge in [0, 0.05) is 22.0 Å². The minimum atomic E-state index is -2.80. The Kier molecular flexibility index (Phi) is 6.88. The number of halogens is 1. The SMILES string of the molecule is CC[C@@H](CCCBr)NP(=O)(c1ccccc1)c1ccccc1. The van der Waals surface area contributed by atoms with E-state index in [0.717, 1.165) is 35.2 Å². The Balaban J connectivity index is 2.36. The molecule has 0 heterocycles. The molecule has 2 nitrogen and oxygen atoms in total. The fourth-order valence-corrected chi connectivity index (χ4v) is 5.44. The Bertz CT molecular complexity index is 559. The van der Waals surface area contributed by atoms with E-state index in [1.165, 1.54) is 0 Å². The Hall–Kier alpha value is -0.890. The van der Waals surface area contributed by atoms with Crippen molar-refractivity contribution in [3.8, 4) is 0 Å². The Morgan fingerprint density at radius 3 is 1.91 bits per heavy atom. The van der Waals surface area contributed by atoms with E-state index in [0.29, 0.717) is 0 Å². The lowest BCUT2D eigenvalue weighted by atomic mass is 10.1. The van der Waals surface area contributed by atoms with Crippen LogP contribution in [0.25, 0.3) is 0 Å². The maximum Gasteiger partial charge on any atom is 0.204 e. The summed E-state index contributed by atoms with van der Waals surface area (Å²) in [4.78, 5) is 0. The first-order valence-electron chi connectivity index (χ1n) is 7.75. The third-order valence-electron chi connectivity index (χ3n) is 3.78. The van der Waals surface area contributed by atoms with Gasteiger partial charge in [0.05, 0.1) is 0 Å². The van der Waals surface area contributed by atoms with Crippen molar-refractivity contribution in [1.29, 1.82) is 0 Å². The van der Waals surface area contributed by atoms with Gasteiger partial charge in [-0.3, -0.25) is 9.65 Å². The van der Waals surface area contributed by atoms with E-state index in [2.05, 4.69) is 27.9 Å². The van der Waals surface area contributed by atoms with Gasteiger partial charge in [-0.1, -0.05) is 59.3 Å². The highest BCUT2D eigenvalue weighted by Gasteiger charge is 2.29. The summed E-state index contributed by atoms with van der Waals surface area (Å²) in [7, 11) is -2.80. The van der Waals surface area contributed by atoms with Gasteiger partial charge in [-0.25, -0.2) is 0 Å². The molecule has 2 aromatic carbocycles. The van der Waals surface area contributed by atoms with Crippen LogP contribution in [0.15, 0.2) is 60.7 Å². The van der Waals surface area contributed by atoms with Gasteiger partial charge >= 0.3 is 0 Å². The van der Waals surface area contributed by atoms with Gasteiger partial charge in [-0.15, -0.1) is 0 Å². The average Bonchev–Trinajstić information content (AvgIpc) is 2.60. The molecule has 0 fully saturated rings. The van der Waals surface area contributed by atoms with Crippen molar-refractivity contribution in [3.63, 3.8) is 0 Å². The molecule has 0 unspecified atom stereocenters. The van der Waals surface area contributed by atoms with Crippen LogP contribution in [0.2, 0.25) is 0 Å². The average molecular weight is 380 g/mol. The third kappa shape index (κ3) is 4.32. The smallest absolute Gasteiger partial charge is 0.204 e. The monoisotopic (exact) mass is 379 g/mol. The summed E-state index contributed by atoms with van der Waals surface area (Å²) in [6.45, 7) is 2.15. The molecule has 22 heavy (non-hydrogen) atoms. The number of nitrogens with one attached hydrogen (secondary N) is 1. The standard InChI is InChI=1S/C18H23BrNOP/c1-2-16(10-9-15-19)20-22(21,17-11-5-3-6-12-17)18-13-7-4-8-14-18/h3-8,11-14,16H,2,9-10,15H2,1H3,(H,20,21)/t16-/m0/s1. The van der Waals surface area contributed by atoms with Crippen molar-refractivity contribution < 1.29 is 4.57 Å². The van der Waals surface area contributed by atoms with Crippen LogP contribution in [0.5, 0.6) is 0 Å². The molecule has 0 radical (unpaired) electrons. The van der Waals surface area contributed by atoms with Crippen molar-refractivity contribution in [1.82, 2.24) is 5.09 Å². The lowest BCUT2D eigenvalue weighted by Crippen LogP contribution is -2.34. The molecule has 0 aliphatic carbocycles. The highest BCUT2D eigenvalue weighted by atomic mass is 79.9. The molecule has 0 spiro atoms. The van der Waals surface area contributed by atoms with E-state index in [1.807, 2.05) is 60.7 Å². The molecule has 0 aliphatic heterocycles. The van der Waals surface area contributed by atoms with Crippen LogP contribution in [-0.4, -0.2) is 11.4 Å².